The molecule has 0 amide bonds. The normalized spacial score (nSPS) is 13.2. The van der Waals surface area contributed by atoms with Crippen molar-refractivity contribution < 1.29 is 0 Å². The molecule has 1 heterocycles. The number of rotatable bonds is 1. The fourth-order valence-electron chi connectivity index (χ4n) is 2.99. The van der Waals surface area contributed by atoms with Crippen molar-refractivity contribution in [2.45, 2.75) is 59.3 Å². The van der Waals surface area contributed by atoms with Crippen molar-refractivity contribution in [2.24, 2.45) is 0 Å². The van der Waals surface area contributed by atoms with Gasteiger partial charge in [-0.2, -0.15) is 0 Å². The van der Waals surface area contributed by atoms with Crippen LogP contribution in [0.2, 0.25) is 0 Å². The number of benzene rings is 1. The molecule has 2 rings (SSSR count). The van der Waals surface area contributed by atoms with E-state index in [2.05, 4.69) is 78.8 Å². The van der Waals surface area contributed by atoms with Crippen molar-refractivity contribution in [2.75, 3.05) is 0 Å². The molecule has 108 valence electrons. The summed E-state index contributed by atoms with van der Waals surface area (Å²) < 4.78 is 0. The Balaban J connectivity index is 2.72. The molecule has 0 saturated carbocycles. The summed E-state index contributed by atoms with van der Waals surface area (Å²) in [6.07, 6.45) is 0. The largest absolute Gasteiger partial charge is 0.127 e. The molecule has 20 heavy (non-hydrogen) atoms. The van der Waals surface area contributed by atoms with Crippen molar-refractivity contribution in [1.29, 1.82) is 0 Å². The zero-order valence-electron chi connectivity index (χ0n) is 13.9. The summed E-state index contributed by atoms with van der Waals surface area (Å²) in [4.78, 5) is 0. The van der Waals surface area contributed by atoms with Crippen LogP contribution in [0.15, 0.2) is 30.3 Å². The van der Waals surface area contributed by atoms with E-state index in [9.17, 15) is 0 Å². The van der Waals surface area contributed by atoms with Crippen LogP contribution < -0.4 is 0 Å². The maximum Gasteiger partial charge on any atom is 0.00169 e. The van der Waals surface area contributed by atoms with Crippen LogP contribution in [0.3, 0.4) is 0 Å². The van der Waals surface area contributed by atoms with E-state index in [1.807, 2.05) is 0 Å². The van der Waals surface area contributed by atoms with Gasteiger partial charge < -0.3 is 0 Å². The van der Waals surface area contributed by atoms with Gasteiger partial charge in [0.25, 0.3) is 0 Å². The third kappa shape index (κ3) is 2.86. The molecule has 0 nitrogen and oxygen atoms in total. The van der Waals surface area contributed by atoms with Crippen molar-refractivity contribution in [3.05, 3.63) is 46.8 Å². The van der Waals surface area contributed by atoms with E-state index in [0.717, 1.165) is 8.19 Å². The predicted octanol–water partition coefficient (Wildman–Crippen LogP) is 6.29. The van der Waals surface area contributed by atoms with Gasteiger partial charge in [-0.05, 0) is 39.7 Å². The Labute approximate surface area is 125 Å². The van der Waals surface area contributed by atoms with E-state index in [0.29, 0.717) is 0 Å². The van der Waals surface area contributed by atoms with Crippen LogP contribution in [0, 0.1) is 6.92 Å². The summed E-state index contributed by atoms with van der Waals surface area (Å²) in [5.41, 5.74) is 4.95. The van der Waals surface area contributed by atoms with E-state index in [1.165, 1.54) is 11.1 Å². The average Bonchev–Trinajstić information content (AvgIpc) is 2.67. The van der Waals surface area contributed by atoms with Crippen LogP contribution in [0.4, 0.5) is 0 Å². The molecule has 0 spiro atoms. The van der Waals surface area contributed by atoms with Gasteiger partial charge >= 0.3 is 0 Å². The van der Waals surface area contributed by atoms with Gasteiger partial charge in [0.1, 0.15) is 0 Å². The second kappa shape index (κ2) is 5.08. The Morgan fingerprint density at radius 3 is 1.75 bits per heavy atom. The zero-order valence-corrected chi connectivity index (χ0v) is 14.9. The van der Waals surface area contributed by atoms with E-state index in [1.54, 1.807) is 16.2 Å². The molecule has 1 aromatic carbocycles. The van der Waals surface area contributed by atoms with E-state index in [4.69, 9.17) is 0 Å². The minimum atomic E-state index is 0.218. The minimum absolute atomic E-state index is 0.218. The third-order valence-corrected chi connectivity index (χ3v) is 5.98. The molecule has 1 unspecified atom stereocenters. The monoisotopic (exact) mass is 286 g/mol. The summed E-state index contributed by atoms with van der Waals surface area (Å²) in [6.45, 7) is 16.4. The fourth-order valence-corrected chi connectivity index (χ4v) is 4.92. The number of hydrogen-bond acceptors (Lipinski definition) is 0. The molecule has 0 saturated heterocycles. The Bertz CT molecular complexity index is 589. The first-order valence-electron chi connectivity index (χ1n) is 7.41. The van der Waals surface area contributed by atoms with Crippen molar-refractivity contribution in [3.63, 3.8) is 0 Å². The summed E-state index contributed by atoms with van der Waals surface area (Å²) >= 11 is 0. The molecular weight excluding hydrogens is 259 g/mol. The van der Waals surface area contributed by atoms with Crippen LogP contribution in [0.1, 0.15) is 58.0 Å². The molecular formula is C19H27P. The Morgan fingerprint density at radius 2 is 1.35 bits per heavy atom. The highest BCUT2D eigenvalue weighted by Gasteiger charge is 2.30. The van der Waals surface area contributed by atoms with Crippen molar-refractivity contribution in [1.82, 2.24) is 0 Å². The lowest BCUT2D eigenvalue weighted by Gasteiger charge is -2.28. The summed E-state index contributed by atoms with van der Waals surface area (Å²) in [5, 5.41) is 3.18. The van der Waals surface area contributed by atoms with E-state index >= 15 is 0 Å². The van der Waals surface area contributed by atoms with Crippen LogP contribution in [0.25, 0.3) is 10.9 Å². The number of hydrogen-bond donors (Lipinski definition) is 0. The van der Waals surface area contributed by atoms with Gasteiger partial charge in [0, 0.05) is 5.30 Å². The highest BCUT2D eigenvalue weighted by atomic mass is 31.0. The van der Waals surface area contributed by atoms with Crippen LogP contribution in [-0.2, 0) is 10.8 Å². The van der Waals surface area contributed by atoms with Gasteiger partial charge in [-0.3, -0.25) is 0 Å². The SMILES string of the molecule is Cc1c(-c2ccccc2)[pH]c(C(C)(C)C)c1C(C)(C)C. The lowest BCUT2D eigenvalue weighted by molar-refractivity contribution is 0.539. The molecule has 0 fully saturated rings. The molecule has 0 bridgehead atoms. The van der Waals surface area contributed by atoms with Gasteiger partial charge in [0.2, 0.25) is 0 Å². The van der Waals surface area contributed by atoms with Crippen LogP contribution in [-0.4, -0.2) is 0 Å². The topological polar surface area (TPSA) is 0 Å². The summed E-state index contributed by atoms with van der Waals surface area (Å²) in [6, 6.07) is 10.9. The first-order chi connectivity index (χ1) is 9.12. The third-order valence-electron chi connectivity index (χ3n) is 3.81. The molecule has 1 atom stereocenters. The second-order valence-electron chi connectivity index (χ2n) is 7.74. The summed E-state index contributed by atoms with van der Waals surface area (Å²) in [7, 11) is 0.813. The maximum atomic E-state index is 2.35. The van der Waals surface area contributed by atoms with Crippen molar-refractivity contribution in [3.8, 4) is 10.9 Å². The molecule has 0 aliphatic rings. The predicted molar refractivity (Wildman–Crippen MR) is 93.5 cm³/mol. The standard InChI is InChI=1S/C19H27P/c1-13-15(18(2,3)4)17(19(5,6)7)20-16(13)14-11-9-8-10-12-14/h8-12,20H,1-7H3. The average molecular weight is 286 g/mol. The Hall–Kier alpha value is -1.00. The van der Waals surface area contributed by atoms with Crippen LogP contribution in [0.5, 0.6) is 0 Å². The fraction of sp³-hybridized carbons (Fsp3) is 0.474. The Morgan fingerprint density at radius 1 is 0.800 bits per heavy atom. The first kappa shape index (κ1) is 15.4. The minimum Gasteiger partial charge on any atom is -0.127 e. The lowest BCUT2D eigenvalue weighted by atomic mass is 9.78. The molecule has 0 aliphatic carbocycles. The second-order valence-corrected chi connectivity index (χ2v) is 8.99. The molecule has 1 heteroatoms. The van der Waals surface area contributed by atoms with Crippen LogP contribution >= 0.6 is 8.19 Å². The Kier molecular flexibility index (Phi) is 3.91. The quantitative estimate of drug-likeness (QED) is 0.578. The highest BCUT2D eigenvalue weighted by molar-refractivity contribution is 7.35. The molecule has 1 aromatic heterocycles. The van der Waals surface area contributed by atoms with Gasteiger partial charge in [0.15, 0.2) is 0 Å². The van der Waals surface area contributed by atoms with Gasteiger partial charge in [-0.1, -0.05) is 71.9 Å². The molecule has 0 aliphatic heterocycles. The van der Waals surface area contributed by atoms with Crippen molar-refractivity contribution >= 4 is 8.19 Å². The summed E-state index contributed by atoms with van der Waals surface area (Å²) in [5.74, 6) is 0. The smallest absolute Gasteiger partial charge is 0.00169 e. The maximum absolute atomic E-state index is 2.35. The highest BCUT2D eigenvalue weighted by Crippen LogP contribution is 2.49. The molecule has 0 N–H and O–H groups in total. The van der Waals surface area contributed by atoms with E-state index in [-0.39, 0.29) is 10.8 Å². The van der Waals surface area contributed by atoms with E-state index < -0.39 is 0 Å². The first-order valence-corrected chi connectivity index (χ1v) is 8.41. The zero-order chi connectivity index (χ0) is 15.1. The van der Waals surface area contributed by atoms with Gasteiger partial charge in [-0.15, -0.1) is 8.19 Å². The molecule has 2 aromatic rings. The molecule has 0 radical (unpaired) electrons. The van der Waals surface area contributed by atoms with Gasteiger partial charge in [0.05, 0.1) is 0 Å². The lowest BCUT2D eigenvalue weighted by Crippen LogP contribution is -2.20. The van der Waals surface area contributed by atoms with Gasteiger partial charge in [-0.25, -0.2) is 0 Å².